The molecule has 0 aliphatic carbocycles. The van der Waals surface area contributed by atoms with Crippen molar-refractivity contribution in [3.8, 4) is 0 Å². The van der Waals surface area contributed by atoms with E-state index in [0.717, 1.165) is 19.6 Å². The molecule has 0 saturated carbocycles. The lowest BCUT2D eigenvalue weighted by Gasteiger charge is -2.18. The summed E-state index contributed by atoms with van der Waals surface area (Å²) in [6.07, 6.45) is 11.8. The van der Waals surface area contributed by atoms with Crippen LogP contribution in [0.1, 0.15) is 5.56 Å². The topological polar surface area (TPSA) is 3.24 Å². The highest BCUT2D eigenvalue weighted by Gasteiger charge is 2.01. The fraction of sp³-hybridized carbons (Fsp3) is 0.176. The van der Waals surface area contributed by atoms with E-state index in [-0.39, 0.29) is 0 Å². The minimum atomic E-state index is 0.919. The van der Waals surface area contributed by atoms with Crippen LogP contribution in [0.5, 0.6) is 0 Å². The zero-order chi connectivity index (χ0) is 13.1. The van der Waals surface area contributed by atoms with Gasteiger partial charge in [0.25, 0.3) is 0 Å². The Hall–Kier alpha value is -1.86. The molecule has 0 amide bonds. The van der Waals surface area contributed by atoms with E-state index in [4.69, 9.17) is 0 Å². The molecule has 0 heterocycles. The minimum absolute atomic E-state index is 0.919. The Morgan fingerprint density at radius 3 is 1.94 bits per heavy atom. The second-order valence-corrected chi connectivity index (χ2v) is 4.01. The lowest BCUT2D eigenvalue weighted by Crippen LogP contribution is -2.23. The maximum absolute atomic E-state index is 3.68. The molecule has 0 saturated heterocycles. The van der Waals surface area contributed by atoms with Gasteiger partial charge in [0.15, 0.2) is 0 Å². The summed E-state index contributed by atoms with van der Waals surface area (Å²) in [6.45, 7) is 10.2. The molecule has 0 unspecified atom stereocenters. The molecule has 0 N–H and O–H groups in total. The lowest BCUT2D eigenvalue weighted by molar-refractivity contribution is 0.327. The van der Waals surface area contributed by atoms with Crippen molar-refractivity contribution >= 4 is 0 Å². The molecule has 0 fully saturated rings. The summed E-state index contributed by atoms with van der Waals surface area (Å²) in [7, 11) is 0. The Bertz CT molecular complexity index is 381. The Balaban J connectivity index is 2.58. The summed E-state index contributed by atoms with van der Waals surface area (Å²) in [5.41, 5.74) is 1.33. The molecule has 1 nitrogen and oxygen atoms in total. The summed E-state index contributed by atoms with van der Waals surface area (Å²) in [4.78, 5) is 2.36. The molecule has 1 aromatic carbocycles. The van der Waals surface area contributed by atoms with Crippen LogP contribution in [0.4, 0.5) is 0 Å². The van der Waals surface area contributed by atoms with Gasteiger partial charge in [-0.2, -0.15) is 0 Å². The van der Waals surface area contributed by atoms with Crippen molar-refractivity contribution < 1.29 is 0 Å². The van der Waals surface area contributed by atoms with Gasteiger partial charge in [-0.05, 0) is 5.56 Å². The van der Waals surface area contributed by atoms with Crippen LogP contribution in [0.3, 0.4) is 0 Å². The van der Waals surface area contributed by atoms with E-state index in [2.05, 4.69) is 54.5 Å². The number of allylic oxidation sites excluding steroid dienone is 4. The molecule has 0 atom stereocenters. The van der Waals surface area contributed by atoms with Crippen molar-refractivity contribution in [3.63, 3.8) is 0 Å². The summed E-state index contributed by atoms with van der Waals surface area (Å²) in [5, 5.41) is 0. The van der Waals surface area contributed by atoms with E-state index < -0.39 is 0 Å². The molecule has 0 aromatic heterocycles. The van der Waals surface area contributed by atoms with Gasteiger partial charge >= 0.3 is 0 Å². The van der Waals surface area contributed by atoms with Gasteiger partial charge in [0, 0.05) is 19.6 Å². The van der Waals surface area contributed by atoms with E-state index in [1.54, 1.807) is 12.2 Å². The van der Waals surface area contributed by atoms with Gasteiger partial charge in [0.1, 0.15) is 0 Å². The van der Waals surface area contributed by atoms with Gasteiger partial charge in [-0.3, -0.25) is 4.90 Å². The maximum atomic E-state index is 3.68. The van der Waals surface area contributed by atoms with E-state index in [1.165, 1.54) is 5.56 Å². The van der Waals surface area contributed by atoms with Crippen molar-refractivity contribution in [1.82, 2.24) is 4.90 Å². The summed E-state index contributed by atoms with van der Waals surface area (Å²) >= 11 is 0. The van der Waals surface area contributed by atoms with Gasteiger partial charge in [0.2, 0.25) is 0 Å². The molecule has 0 spiro atoms. The minimum Gasteiger partial charge on any atom is -0.292 e. The van der Waals surface area contributed by atoms with Gasteiger partial charge in [-0.15, -0.1) is 0 Å². The average Bonchev–Trinajstić information content (AvgIpc) is 2.40. The van der Waals surface area contributed by atoms with Crippen molar-refractivity contribution in [2.24, 2.45) is 0 Å². The van der Waals surface area contributed by atoms with E-state index >= 15 is 0 Å². The van der Waals surface area contributed by atoms with Crippen LogP contribution >= 0.6 is 0 Å². The molecule has 0 radical (unpaired) electrons. The summed E-state index contributed by atoms with van der Waals surface area (Å²) < 4.78 is 0. The molecule has 1 rings (SSSR count). The first-order valence-electron chi connectivity index (χ1n) is 6.18. The summed E-state index contributed by atoms with van der Waals surface area (Å²) in [5.74, 6) is 0. The molecular weight excluding hydrogens is 218 g/mol. The molecule has 0 aliphatic rings. The molecule has 94 valence electrons. The van der Waals surface area contributed by atoms with Gasteiger partial charge in [-0.25, -0.2) is 0 Å². The van der Waals surface area contributed by atoms with Crippen molar-refractivity contribution in [1.29, 1.82) is 0 Å². The van der Waals surface area contributed by atoms with Crippen LogP contribution in [0.15, 0.2) is 79.9 Å². The second kappa shape index (κ2) is 9.20. The summed E-state index contributed by atoms with van der Waals surface area (Å²) in [6, 6.07) is 10.5. The zero-order valence-corrected chi connectivity index (χ0v) is 10.8. The average molecular weight is 239 g/mol. The van der Waals surface area contributed by atoms with Gasteiger partial charge in [0.05, 0.1) is 0 Å². The molecule has 0 aliphatic heterocycles. The first-order valence-corrected chi connectivity index (χ1v) is 6.18. The lowest BCUT2D eigenvalue weighted by atomic mass is 10.2. The molecule has 0 bridgehead atoms. The highest BCUT2D eigenvalue weighted by molar-refractivity contribution is 5.15. The van der Waals surface area contributed by atoms with Crippen LogP contribution in [-0.4, -0.2) is 18.0 Å². The van der Waals surface area contributed by atoms with E-state index in [0.29, 0.717) is 0 Å². The number of hydrogen-bond donors (Lipinski definition) is 0. The third-order valence-electron chi connectivity index (χ3n) is 2.52. The fourth-order valence-electron chi connectivity index (χ4n) is 1.66. The molecule has 1 heteroatoms. The van der Waals surface area contributed by atoms with Gasteiger partial charge < -0.3 is 0 Å². The van der Waals surface area contributed by atoms with Crippen molar-refractivity contribution in [3.05, 3.63) is 85.5 Å². The first-order chi connectivity index (χ1) is 8.86. The van der Waals surface area contributed by atoms with E-state index in [1.807, 2.05) is 18.2 Å². The normalized spacial score (nSPS) is 11.4. The number of benzene rings is 1. The predicted molar refractivity (Wildman–Crippen MR) is 80.4 cm³/mol. The highest BCUT2D eigenvalue weighted by atomic mass is 15.1. The largest absolute Gasteiger partial charge is 0.292 e. The van der Waals surface area contributed by atoms with Crippen LogP contribution in [-0.2, 0) is 6.54 Å². The fourth-order valence-corrected chi connectivity index (χ4v) is 1.66. The Morgan fingerprint density at radius 1 is 0.889 bits per heavy atom. The maximum Gasteiger partial charge on any atom is 0.0240 e. The van der Waals surface area contributed by atoms with E-state index in [9.17, 15) is 0 Å². The second-order valence-electron chi connectivity index (χ2n) is 4.01. The third-order valence-corrected chi connectivity index (χ3v) is 2.52. The van der Waals surface area contributed by atoms with Crippen LogP contribution in [0, 0.1) is 0 Å². The molecule has 18 heavy (non-hydrogen) atoms. The van der Waals surface area contributed by atoms with Crippen LogP contribution in [0.2, 0.25) is 0 Å². The Kier molecular flexibility index (Phi) is 7.26. The Morgan fingerprint density at radius 2 is 1.44 bits per heavy atom. The van der Waals surface area contributed by atoms with Gasteiger partial charge in [-0.1, -0.05) is 79.9 Å². The standard InChI is InChI=1S/C17H21N/c1-3-5-10-14-18(15-11-6-4-2)16-17-12-8-7-9-13-17/h3-13H,1-2,14-16H2. The SMILES string of the molecule is C=CC=CCN(CC=CC=C)Cc1ccccc1. The molecular formula is C17H21N. The number of nitrogens with zero attached hydrogens (tertiary/aromatic N) is 1. The first kappa shape index (κ1) is 14.2. The molecule has 1 aromatic rings. The number of hydrogen-bond acceptors (Lipinski definition) is 1. The van der Waals surface area contributed by atoms with Crippen LogP contribution < -0.4 is 0 Å². The van der Waals surface area contributed by atoms with Crippen LogP contribution in [0.25, 0.3) is 0 Å². The zero-order valence-electron chi connectivity index (χ0n) is 10.8. The Labute approximate surface area is 110 Å². The monoisotopic (exact) mass is 239 g/mol. The smallest absolute Gasteiger partial charge is 0.0240 e. The number of rotatable bonds is 8. The highest BCUT2D eigenvalue weighted by Crippen LogP contribution is 2.04. The van der Waals surface area contributed by atoms with Crippen molar-refractivity contribution in [2.45, 2.75) is 6.54 Å². The van der Waals surface area contributed by atoms with Crippen molar-refractivity contribution in [2.75, 3.05) is 13.1 Å². The quantitative estimate of drug-likeness (QED) is 0.620. The predicted octanol–water partition coefficient (Wildman–Crippen LogP) is 3.97. The third kappa shape index (κ3) is 6.02.